The molecule has 1 aromatic heterocycles. The fraction of sp³-hybridized carbons (Fsp3) is 0.500. The molecule has 0 radical (unpaired) electrons. The molecule has 1 aliphatic heterocycles. The fourth-order valence-electron chi connectivity index (χ4n) is 4.30. The smallest absolute Gasteiger partial charge is 0.228 e. The number of carbonyl (C=O) groups excluding carboxylic acids is 1. The summed E-state index contributed by atoms with van der Waals surface area (Å²) in [6, 6.07) is 6.22. The van der Waals surface area contributed by atoms with Gasteiger partial charge in [-0.25, -0.2) is 4.98 Å². The third-order valence-corrected chi connectivity index (χ3v) is 5.78. The second-order valence-electron chi connectivity index (χ2n) is 7.80. The lowest BCUT2D eigenvalue weighted by molar-refractivity contribution is -0.118. The largest absolute Gasteiger partial charge is 0.348 e. The highest BCUT2D eigenvalue weighted by molar-refractivity contribution is 5.95. The Morgan fingerprint density at radius 3 is 2.64 bits per heavy atom. The molecular weight excluding hydrogens is 312 g/mol. The molecule has 132 valence electrons. The lowest BCUT2D eigenvalue weighted by Gasteiger charge is -2.32. The van der Waals surface area contributed by atoms with E-state index in [2.05, 4.69) is 40.1 Å². The van der Waals surface area contributed by atoms with Crippen molar-refractivity contribution >= 4 is 11.6 Å². The van der Waals surface area contributed by atoms with Crippen LogP contribution in [0.5, 0.6) is 0 Å². The number of H-pyrrole nitrogens is 1. The van der Waals surface area contributed by atoms with Crippen molar-refractivity contribution in [2.75, 3.05) is 18.4 Å². The molecule has 1 amide bonds. The summed E-state index contributed by atoms with van der Waals surface area (Å²) in [6.45, 7) is 7.11. The quantitative estimate of drug-likeness (QED) is 0.899. The maximum absolute atomic E-state index is 12.7. The number of aromatic nitrogens is 2. The molecule has 2 aliphatic rings. The van der Waals surface area contributed by atoms with E-state index >= 15 is 0 Å². The number of anilines is 1. The number of carbonyl (C=O) groups is 1. The van der Waals surface area contributed by atoms with E-state index in [1.165, 1.54) is 11.1 Å². The number of imidazole rings is 1. The average Bonchev–Trinajstić information content (AvgIpc) is 3.01. The molecule has 1 spiro atoms. The van der Waals surface area contributed by atoms with E-state index in [0.717, 1.165) is 50.4 Å². The van der Waals surface area contributed by atoms with Gasteiger partial charge in [-0.1, -0.05) is 6.07 Å². The fourth-order valence-corrected chi connectivity index (χ4v) is 4.30. The molecule has 2 aromatic rings. The third-order valence-electron chi connectivity index (χ3n) is 5.78. The average molecular weight is 338 g/mol. The van der Waals surface area contributed by atoms with Crippen molar-refractivity contribution in [3.8, 4) is 0 Å². The standard InChI is InChI=1S/C20H26N4O/c1-14-9-15(2)11-16(10-14)23-19(25)17-12-20(17)3-7-24(8-4-20)13-18-21-5-6-22-18/h5-6,9-11,17H,3-4,7-8,12-13H2,1-2H3,(H,21,22)(H,23,25). The lowest BCUT2D eigenvalue weighted by Crippen LogP contribution is -2.36. The normalized spacial score (nSPS) is 22.1. The van der Waals surface area contributed by atoms with Crippen molar-refractivity contribution in [3.63, 3.8) is 0 Å². The zero-order valence-electron chi connectivity index (χ0n) is 15.0. The predicted molar refractivity (Wildman–Crippen MR) is 98.2 cm³/mol. The Labute approximate surface area is 148 Å². The van der Waals surface area contributed by atoms with Crippen molar-refractivity contribution < 1.29 is 4.79 Å². The van der Waals surface area contributed by atoms with Crippen LogP contribution in [0, 0.1) is 25.2 Å². The van der Waals surface area contributed by atoms with E-state index in [-0.39, 0.29) is 17.2 Å². The lowest BCUT2D eigenvalue weighted by atomic mass is 9.90. The van der Waals surface area contributed by atoms with Crippen molar-refractivity contribution in [1.29, 1.82) is 0 Å². The summed E-state index contributed by atoms with van der Waals surface area (Å²) >= 11 is 0. The molecule has 1 aliphatic carbocycles. The van der Waals surface area contributed by atoms with Gasteiger partial charge in [0.15, 0.2) is 0 Å². The number of nitrogens with one attached hydrogen (secondary N) is 2. The number of benzene rings is 1. The Morgan fingerprint density at radius 1 is 1.28 bits per heavy atom. The van der Waals surface area contributed by atoms with E-state index in [0.29, 0.717) is 0 Å². The van der Waals surface area contributed by atoms with Crippen LogP contribution in [0.4, 0.5) is 5.69 Å². The molecule has 2 N–H and O–H groups in total. The van der Waals surface area contributed by atoms with E-state index in [1.807, 2.05) is 18.3 Å². The topological polar surface area (TPSA) is 61.0 Å². The summed E-state index contributed by atoms with van der Waals surface area (Å²) in [5.41, 5.74) is 3.54. The van der Waals surface area contributed by atoms with Crippen LogP contribution in [0.2, 0.25) is 0 Å². The van der Waals surface area contributed by atoms with Gasteiger partial charge < -0.3 is 10.3 Å². The first-order valence-corrected chi connectivity index (χ1v) is 9.14. The van der Waals surface area contributed by atoms with E-state index in [4.69, 9.17) is 0 Å². The van der Waals surface area contributed by atoms with Crippen molar-refractivity contribution in [3.05, 3.63) is 47.5 Å². The van der Waals surface area contributed by atoms with Crippen LogP contribution in [0.1, 0.15) is 36.2 Å². The Kier molecular flexibility index (Phi) is 4.12. The van der Waals surface area contributed by atoms with Crippen molar-refractivity contribution in [2.24, 2.45) is 11.3 Å². The number of aromatic amines is 1. The van der Waals surface area contributed by atoms with Crippen molar-refractivity contribution in [1.82, 2.24) is 14.9 Å². The zero-order chi connectivity index (χ0) is 17.4. The molecule has 1 saturated heterocycles. The molecule has 4 rings (SSSR count). The molecule has 5 nitrogen and oxygen atoms in total. The van der Waals surface area contributed by atoms with Crippen LogP contribution in [0.25, 0.3) is 0 Å². The van der Waals surface area contributed by atoms with Crippen LogP contribution in [-0.2, 0) is 11.3 Å². The molecule has 25 heavy (non-hydrogen) atoms. The monoisotopic (exact) mass is 338 g/mol. The Hall–Kier alpha value is -2.14. The number of likely N-dealkylation sites (tertiary alicyclic amines) is 1. The van der Waals surface area contributed by atoms with Crippen LogP contribution < -0.4 is 5.32 Å². The third kappa shape index (κ3) is 3.47. The highest BCUT2D eigenvalue weighted by atomic mass is 16.2. The van der Waals surface area contributed by atoms with Gasteiger partial charge in [-0.15, -0.1) is 0 Å². The van der Waals surface area contributed by atoms with Gasteiger partial charge in [-0.05, 0) is 74.9 Å². The van der Waals surface area contributed by atoms with E-state index in [1.54, 1.807) is 6.20 Å². The number of hydrogen-bond donors (Lipinski definition) is 2. The van der Waals surface area contributed by atoms with Gasteiger partial charge >= 0.3 is 0 Å². The number of nitrogens with zero attached hydrogens (tertiary/aromatic N) is 2. The second-order valence-corrected chi connectivity index (χ2v) is 7.80. The van der Waals surface area contributed by atoms with E-state index in [9.17, 15) is 4.79 Å². The summed E-state index contributed by atoms with van der Waals surface area (Å²) in [5.74, 6) is 1.40. The van der Waals surface area contributed by atoms with E-state index < -0.39 is 0 Å². The predicted octanol–water partition coefficient (Wildman–Crippen LogP) is 3.27. The van der Waals surface area contributed by atoms with Crippen molar-refractivity contribution in [2.45, 2.75) is 39.7 Å². The molecule has 1 atom stereocenters. The van der Waals surface area contributed by atoms with Gasteiger partial charge in [-0.3, -0.25) is 9.69 Å². The maximum atomic E-state index is 12.7. The highest BCUT2D eigenvalue weighted by Gasteiger charge is 2.58. The summed E-state index contributed by atoms with van der Waals surface area (Å²) < 4.78 is 0. The Balaban J connectivity index is 1.32. The van der Waals surface area contributed by atoms with Crippen LogP contribution in [0.3, 0.4) is 0 Å². The second kappa shape index (κ2) is 6.30. The molecule has 1 aromatic carbocycles. The molecular formula is C20H26N4O. The number of piperidine rings is 1. The first-order valence-electron chi connectivity index (χ1n) is 9.14. The minimum Gasteiger partial charge on any atom is -0.348 e. The summed E-state index contributed by atoms with van der Waals surface area (Å²) in [4.78, 5) is 22.6. The number of aryl methyl sites for hydroxylation is 2. The summed E-state index contributed by atoms with van der Waals surface area (Å²) in [5, 5.41) is 3.14. The number of amides is 1. The molecule has 1 unspecified atom stereocenters. The SMILES string of the molecule is Cc1cc(C)cc(NC(=O)C2CC23CCN(Cc2ncc[nH]2)CC3)c1. The number of hydrogen-bond acceptors (Lipinski definition) is 3. The molecule has 5 heteroatoms. The van der Waals surface area contributed by atoms with Gasteiger partial charge in [0.1, 0.15) is 5.82 Å². The molecule has 1 saturated carbocycles. The molecule has 2 fully saturated rings. The van der Waals surface area contributed by atoms with Crippen LogP contribution in [-0.4, -0.2) is 33.9 Å². The van der Waals surface area contributed by atoms with Crippen LogP contribution >= 0.6 is 0 Å². The Bertz CT molecular complexity index is 740. The van der Waals surface area contributed by atoms with Crippen LogP contribution in [0.15, 0.2) is 30.6 Å². The Morgan fingerprint density at radius 2 is 2.00 bits per heavy atom. The number of rotatable bonds is 4. The minimum absolute atomic E-state index is 0.180. The van der Waals surface area contributed by atoms with Gasteiger partial charge in [0.05, 0.1) is 6.54 Å². The summed E-state index contributed by atoms with van der Waals surface area (Å²) in [7, 11) is 0. The first kappa shape index (κ1) is 16.3. The zero-order valence-corrected chi connectivity index (χ0v) is 15.0. The molecule has 0 bridgehead atoms. The van der Waals surface area contributed by atoms with Gasteiger partial charge in [0, 0.05) is 24.0 Å². The van der Waals surface area contributed by atoms with Gasteiger partial charge in [0.2, 0.25) is 5.91 Å². The summed E-state index contributed by atoms with van der Waals surface area (Å²) in [6.07, 6.45) is 6.93. The van der Waals surface area contributed by atoms with Gasteiger partial charge in [-0.2, -0.15) is 0 Å². The van der Waals surface area contributed by atoms with Gasteiger partial charge in [0.25, 0.3) is 0 Å². The first-order chi connectivity index (χ1) is 12.0. The molecule has 2 heterocycles. The maximum Gasteiger partial charge on any atom is 0.228 e. The highest BCUT2D eigenvalue weighted by Crippen LogP contribution is 2.59. The minimum atomic E-state index is 0.180.